The Hall–Kier alpha value is -3.82. The molecule has 4 rings (SSSR count). The van der Waals surface area contributed by atoms with Gasteiger partial charge >= 0.3 is 11.9 Å². The van der Waals surface area contributed by atoms with Gasteiger partial charge in [0, 0.05) is 16.8 Å². The first-order valence-electron chi connectivity index (χ1n) is 11.1. The predicted octanol–water partition coefficient (Wildman–Crippen LogP) is 6.23. The second-order valence-corrected chi connectivity index (χ2v) is 9.31. The molecule has 0 unspecified atom stereocenters. The molecule has 0 spiro atoms. The molecule has 0 radical (unpaired) electrons. The molecular formula is C27H24N2O5S2. The van der Waals surface area contributed by atoms with Crippen molar-refractivity contribution in [3.05, 3.63) is 83.9 Å². The van der Waals surface area contributed by atoms with Crippen LogP contribution in [0.4, 0.5) is 10.7 Å². The molecule has 9 heteroatoms. The van der Waals surface area contributed by atoms with Crippen molar-refractivity contribution in [1.82, 2.24) is 0 Å². The minimum Gasteiger partial charge on any atom is -0.462 e. The SMILES string of the molecule is CCOC(=O)c1cc(-c2ccccc2)sc1NC(=O)COC(=O)c1ccc2cc(NSC)ccc2c1. The topological polar surface area (TPSA) is 93.7 Å². The van der Waals surface area contributed by atoms with Crippen LogP contribution in [0.2, 0.25) is 0 Å². The van der Waals surface area contributed by atoms with Crippen LogP contribution in [-0.4, -0.2) is 37.3 Å². The van der Waals surface area contributed by atoms with Crippen LogP contribution in [0.25, 0.3) is 21.2 Å². The Kier molecular flexibility index (Phi) is 8.24. The lowest BCUT2D eigenvalue weighted by Gasteiger charge is -2.08. The van der Waals surface area contributed by atoms with Gasteiger partial charge in [-0.15, -0.1) is 11.3 Å². The summed E-state index contributed by atoms with van der Waals surface area (Å²) in [6.07, 6.45) is 1.94. The summed E-state index contributed by atoms with van der Waals surface area (Å²) >= 11 is 2.75. The van der Waals surface area contributed by atoms with Crippen LogP contribution in [-0.2, 0) is 14.3 Å². The summed E-state index contributed by atoms with van der Waals surface area (Å²) in [6.45, 7) is 1.43. The van der Waals surface area contributed by atoms with Gasteiger partial charge in [-0.2, -0.15) is 0 Å². The third-order valence-corrected chi connectivity index (χ3v) is 6.71. The summed E-state index contributed by atoms with van der Waals surface area (Å²) in [5.74, 6) is -1.70. The maximum absolute atomic E-state index is 12.6. The molecule has 1 amide bonds. The highest BCUT2D eigenvalue weighted by Gasteiger charge is 2.20. The van der Waals surface area contributed by atoms with E-state index in [1.54, 1.807) is 25.1 Å². The van der Waals surface area contributed by atoms with Crippen molar-refractivity contribution < 1.29 is 23.9 Å². The van der Waals surface area contributed by atoms with Crippen molar-refractivity contribution in [2.75, 3.05) is 29.5 Å². The van der Waals surface area contributed by atoms with E-state index in [9.17, 15) is 14.4 Å². The molecule has 7 nitrogen and oxygen atoms in total. The van der Waals surface area contributed by atoms with Crippen molar-refractivity contribution in [1.29, 1.82) is 0 Å². The monoisotopic (exact) mass is 520 g/mol. The minimum absolute atomic E-state index is 0.210. The number of esters is 2. The average Bonchev–Trinajstić information content (AvgIpc) is 3.31. The van der Waals surface area contributed by atoms with Gasteiger partial charge in [0.2, 0.25) is 0 Å². The molecule has 2 N–H and O–H groups in total. The van der Waals surface area contributed by atoms with Crippen molar-refractivity contribution in [3.63, 3.8) is 0 Å². The normalized spacial score (nSPS) is 10.6. The largest absolute Gasteiger partial charge is 0.462 e. The van der Waals surface area contributed by atoms with Crippen molar-refractivity contribution in [2.45, 2.75) is 6.92 Å². The van der Waals surface area contributed by atoms with Crippen molar-refractivity contribution in [3.8, 4) is 10.4 Å². The molecule has 1 heterocycles. The van der Waals surface area contributed by atoms with Crippen LogP contribution < -0.4 is 10.0 Å². The first-order valence-corrected chi connectivity index (χ1v) is 13.2. The van der Waals surface area contributed by atoms with E-state index < -0.39 is 24.5 Å². The quantitative estimate of drug-likeness (QED) is 0.200. The number of nitrogens with one attached hydrogen (secondary N) is 2. The molecule has 1 aromatic heterocycles. The average molecular weight is 521 g/mol. The second-order valence-electron chi connectivity index (χ2n) is 7.65. The molecule has 0 fully saturated rings. The zero-order valence-corrected chi connectivity index (χ0v) is 21.3. The molecule has 4 aromatic rings. The smallest absolute Gasteiger partial charge is 0.341 e. The van der Waals surface area contributed by atoms with Crippen molar-refractivity contribution >= 4 is 62.6 Å². The molecule has 184 valence electrons. The Bertz CT molecular complexity index is 1400. The fraction of sp³-hybridized carbons (Fsp3) is 0.148. The number of anilines is 2. The predicted molar refractivity (Wildman–Crippen MR) is 146 cm³/mol. The number of benzene rings is 3. The summed E-state index contributed by atoms with van der Waals surface area (Å²) in [6, 6.07) is 22.2. The molecule has 0 saturated heterocycles. The molecule has 0 bridgehead atoms. The first kappa shape index (κ1) is 25.3. The van der Waals surface area contributed by atoms with Gasteiger partial charge in [0.1, 0.15) is 5.00 Å². The van der Waals surface area contributed by atoms with Gasteiger partial charge in [-0.1, -0.05) is 54.4 Å². The Morgan fingerprint density at radius 2 is 1.64 bits per heavy atom. The Morgan fingerprint density at radius 3 is 2.39 bits per heavy atom. The van der Waals surface area contributed by atoms with E-state index in [1.807, 2.05) is 60.9 Å². The number of fused-ring (bicyclic) bond motifs is 1. The van der Waals surface area contributed by atoms with Gasteiger partial charge in [-0.3, -0.25) is 4.79 Å². The fourth-order valence-electron chi connectivity index (χ4n) is 3.52. The van der Waals surface area contributed by atoms with E-state index in [4.69, 9.17) is 9.47 Å². The van der Waals surface area contributed by atoms with Crippen LogP contribution in [0.15, 0.2) is 72.8 Å². The first-order chi connectivity index (χ1) is 17.5. The molecule has 0 aliphatic carbocycles. The van der Waals surface area contributed by atoms with Gasteiger partial charge in [-0.25, -0.2) is 9.59 Å². The number of hydrogen-bond donors (Lipinski definition) is 2. The van der Waals surface area contributed by atoms with E-state index in [-0.39, 0.29) is 12.2 Å². The van der Waals surface area contributed by atoms with Crippen LogP contribution in [0.1, 0.15) is 27.6 Å². The van der Waals surface area contributed by atoms with Crippen molar-refractivity contribution in [2.24, 2.45) is 0 Å². The standard InChI is InChI=1S/C27H24N2O5S2/c1-3-33-27(32)22-15-23(17-7-5-4-6-8-17)36-25(22)28-24(30)16-34-26(31)20-10-9-19-14-21(29-35-2)12-11-18(19)13-20/h4-15,29H,3,16H2,1-2H3,(H,28,30). The maximum atomic E-state index is 12.6. The van der Waals surface area contributed by atoms with Gasteiger partial charge in [-0.05, 0) is 53.6 Å². The van der Waals surface area contributed by atoms with E-state index in [1.165, 1.54) is 23.3 Å². The number of ether oxygens (including phenoxy) is 2. The highest BCUT2D eigenvalue weighted by Crippen LogP contribution is 2.36. The lowest BCUT2D eigenvalue weighted by molar-refractivity contribution is -0.119. The van der Waals surface area contributed by atoms with E-state index in [0.29, 0.717) is 10.6 Å². The van der Waals surface area contributed by atoms with Gasteiger partial charge in [0.15, 0.2) is 6.61 Å². The lowest BCUT2D eigenvalue weighted by atomic mass is 10.1. The molecule has 0 saturated carbocycles. The molecule has 3 aromatic carbocycles. The minimum atomic E-state index is -0.611. The highest BCUT2D eigenvalue weighted by molar-refractivity contribution is 7.99. The molecule has 0 atom stereocenters. The highest BCUT2D eigenvalue weighted by atomic mass is 32.2. The number of rotatable bonds is 9. The Morgan fingerprint density at radius 1 is 0.889 bits per heavy atom. The van der Waals surface area contributed by atoms with Gasteiger partial charge in [0.25, 0.3) is 5.91 Å². The van der Waals surface area contributed by atoms with E-state index in [0.717, 1.165) is 26.9 Å². The van der Waals surface area contributed by atoms with E-state index in [2.05, 4.69) is 10.0 Å². The van der Waals surface area contributed by atoms with Crippen LogP contribution >= 0.6 is 23.3 Å². The van der Waals surface area contributed by atoms with Crippen LogP contribution in [0.3, 0.4) is 0 Å². The Labute approximate surface area is 216 Å². The maximum Gasteiger partial charge on any atom is 0.341 e. The summed E-state index contributed by atoms with van der Waals surface area (Å²) < 4.78 is 13.5. The summed E-state index contributed by atoms with van der Waals surface area (Å²) in [5, 5.41) is 4.88. The zero-order valence-electron chi connectivity index (χ0n) is 19.7. The van der Waals surface area contributed by atoms with Crippen LogP contribution in [0.5, 0.6) is 0 Å². The van der Waals surface area contributed by atoms with Gasteiger partial charge < -0.3 is 19.5 Å². The molecule has 0 aliphatic heterocycles. The number of amides is 1. The van der Waals surface area contributed by atoms with Crippen LogP contribution in [0, 0.1) is 0 Å². The zero-order chi connectivity index (χ0) is 25.5. The molecular weight excluding hydrogens is 496 g/mol. The Balaban J connectivity index is 1.44. The summed E-state index contributed by atoms with van der Waals surface area (Å²) in [4.78, 5) is 38.4. The number of thiophene rings is 1. The third kappa shape index (κ3) is 6.05. The lowest BCUT2D eigenvalue weighted by Crippen LogP contribution is -2.21. The number of carbonyl (C=O) groups is 3. The van der Waals surface area contributed by atoms with E-state index >= 15 is 0 Å². The fourth-order valence-corrected chi connectivity index (χ4v) is 4.95. The second kappa shape index (κ2) is 11.7. The summed E-state index contributed by atoms with van der Waals surface area (Å²) in [5.41, 5.74) is 2.47. The third-order valence-electron chi connectivity index (χ3n) is 5.17. The summed E-state index contributed by atoms with van der Waals surface area (Å²) in [7, 11) is 0. The number of carbonyl (C=O) groups excluding carboxylic acids is 3. The number of hydrogen-bond acceptors (Lipinski definition) is 8. The molecule has 0 aliphatic rings. The molecule has 36 heavy (non-hydrogen) atoms. The van der Waals surface area contributed by atoms with Gasteiger partial charge in [0.05, 0.1) is 17.7 Å².